The van der Waals surface area contributed by atoms with Gasteiger partial charge in [0.2, 0.25) is 0 Å². The summed E-state index contributed by atoms with van der Waals surface area (Å²) in [4.78, 5) is 29.4. The van der Waals surface area contributed by atoms with Crippen molar-refractivity contribution in [3.63, 3.8) is 0 Å². The van der Waals surface area contributed by atoms with E-state index in [1.807, 2.05) is 26.2 Å². The predicted octanol–water partition coefficient (Wildman–Crippen LogP) is 6.17. The molecule has 0 aromatic rings. The molecular formula is C30H42N2O2. The number of urea groups is 1. The molecule has 0 bridgehead atoms. The third kappa shape index (κ3) is 3.82. The molecule has 4 nitrogen and oxygen atoms in total. The first-order valence-electron chi connectivity index (χ1n) is 13.4. The minimum Gasteiger partial charge on any atom is -0.331 e. The highest BCUT2D eigenvalue weighted by Gasteiger charge is 2.52. The van der Waals surface area contributed by atoms with Crippen molar-refractivity contribution in [1.29, 1.82) is 0 Å². The third-order valence-electron chi connectivity index (χ3n) is 9.60. The molecule has 0 radical (unpaired) electrons. The zero-order chi connectivity index (χ0) is 24.4. The van der Waals surface area contributed by atoms with Gasteiger partial charge >= 0.3 is 6.03 Å². The minimum atomic E-state index is -0.195. The molecule has 0 N–H and O–H groups in total. The van der Waals surface area contributed by atoms with Crippen LogP contribution < -0.4 is 0 Å². The van der Waals surface area contributed by atoms with E-state index in [-0.39, 0.29) is 17.4 Å². The lowest BCUT2D eigenvalue weighted by Crippen LogP contribution is -2.60. The van der Waals surface area contributed by atoms with E-state index < -0.39 is 0 Å². The molecule has 0 saturated heterocycles. The largest absolute Gasteiger partial charge is 0.331 e. The van der Waals surface area contributed by atoms with Gasteiger partial charge in [0.05, 0.1) is 0 Å². The fraction of sp³-hybridized carbons (Fsp3) is 0.667. The third-order valence-corrected chi connectivity index (χ3v) is 9.60. The maximum atomic E-state index is 13.3. The summed E-state index contributed by atoms with van der Waals surface area (Å²) in [5, 5.41) is 0. The molecule has 4 heteroatoms. The van der Waals surface area contributed by atoms with E-state index in [2.05, 4.69) is 44.7 Å². The van der Waals surface area contributed by atoms with E-state index in [1.54, 1.807) is 16.5 Å². The Morgan fingerprint density at radius 1 is 0.971 bits per heavy atom. The number of carbonyl (C=O) groups is 2. The van der Waals surface area contributed by atoms with E-state index in [9.17, 15) is 9.59 Å². The molecule has 3 saturated carbocycles. The standard InChI is InChI=1S/C30H42N2O2/c1-18-27(32(30(2,3)4)29(34)31(5)6)16-10-20-9-13-23-22-12-8-19-7-11-21(33)17-26(19)24(22)14-15-25(23)28(18)20/h7-8,11-12,17-18,20,23-25,27-28H,9-10,13-16H2,1-6H3. The Kier molecular flexibility index (Phi) is 5.93. The van der Waals surface area contributed by atoms with Gasteiger partial charge in [0.25, 0.3) is 0 Å². The summed E-state index contributed by atoms with van der Waals surface area (Å²) in [5.74, 6) is 3.83. The van der Waals surface area contributed by atoms with Gasteiger partial charge in [0, 0.05) is 31.6 Å². The summed E-state index contributed by atoms with van der Waals surface area (Å²) < 4.78 is 0. The van der Waals surface area contributed by atoms with Crippen LogP contribution in [0, 0.1) is 35.5 Å². The summed E-state index contributed by atoms with van der Waals surface area (Å²) >= 11 is 0. The summed E-state index contributed by atoms with van der Waals surface area (Å²) in [6.45, 7) is 9.00. The molecule has 0 aromatic carbocycles. The van der Waals surface area contributed by atoms with Gasteiger partial charge in [-0.25, -0.2) is 4.79 Å². The Labute approximate surface area is 205 Å². The highest BCUT2D eigenvalue weighted by atomic mass is 16.2. The Morgan fingerprint density at radius 2 is 1.71 bits per heavy atom. The van der Waals surface area contributed by atoms with Crippen molar-refractivity contribution in [2.45, 2.75) is 77.8 Å². The summed E-state index contributed by atoms with van der Waals surface area (Å²) in [5.41, 5.74) is 3.88. The summed E-state index contributed by atoms with van der Waals surface area (Å²) in [6.07, 6.45) is 17.6. The van der Waals surface area contributed by atoms with Crippen LogP contribution in [-0.4, -0.2) is 47.3 Å². The molecule has 7 atom stereocenters. The number of hydrogen-bond acceptors (Lipinski definition) is 2. The molecule has 0 spiro atoms. The highest BCUT2D eigenvalue weighted by Crippen LogP contribution is 2.58. The van der Waals surface area contributed by atoms with Crippen molar-refractivity contribution in [2.24, 2.45) is 35.5 Å². The summed E-state index contributed by atoms with van der Waals surface area (Å²) in [7, 11) is 3.76. The van der Waals surface area contributed by atoms with Crippen LogP contribution in [0.3, 0.4) is 0 Å². The average molecular weight is 463 g/mol. The second-order valence-corrected chi connectivity index (χ2v) is 12.7. The van der Waals surface area contributed by atoms with E-state index in [0.717, 1.165) is 18.8 Å². The molecule has 0 heterocycles. The number of amides is 2. The van der Waals surface area contributed by atoms with Gasteiger partial charge in [-0.3, -0.25) is 4.79 Å². The number of allylic oxidation sites excluding steroid dienone is 8. The van der Waals surface area contributed by atoms with Gasteiger partial charge in [-0.1, -0.05) is 30.7 Å². The van der Waals surface area contributed by atoms with Crippen LogP contribution in [0.2, 0.25) is 0 Å². The molecule has 2 amide bonds. The van der Waals surface area contributed by atoms with Gasteiger partial charge in [0.1, 0.15) is 0 Å². The van der Waals surface area contributed by atoms with Crippen molar-refractivity contribution < 1.29 is 9.59 Å². The van der Waals surface area contributed by atoms with Crippen LogP contribution in [0.15, 0.2) is 47.1 Å². The van der Waals surface area contributed by atoms with Gasteiger partial charge in [0.15, 0.2) is 5.78 Å². The Balaban J connectivity index is 1.44. The van der Waals surface area contributed by atoms with Crippen LogP contribution in [0.4, 0.5) is 4.79 Å². The fourth-order valence-electron chi connectivity index (χ4n) is 8.34. The van der Waals surface area contributed by atoms with Gasteiger partial charge in [-0.15, -0.1) is 0 Å². The van der Waals surface area contributed by atoms with Crippen LogP contribution in [-0.2, 0) is 4.79 Å². The predicted molar refractivity (Wildman–Crippen MR) is 137 cm³/mol. The molecule has 3 fully saturated rings. The van der Waals surface area contributed by atoms with E-state index in [4.69, 9.17) is 0 Å². The zero-order valence-electron chi connectivity index (χ0n) is 21.9. The molecule has 5 aliphatic carbocycles. The topological polar surface area (TPSA) is 40.6 Å². The SMILES string of the molecule is CC1C2C(CCC3C4=CC=C5C=CC(=O)C=C5C4CCC32)CCC1N(C(=O)N(C)C)C(C)(C)C. The monoisotopic (exact) mass is 462 g/mol. The molecule has 0 aliphatic heterocycles. The van der Waals surface area contributed by atoms with Crippen LogP contribution in [0.1, 0.15) is 66.2 Å². The lowest BCUT2D eigenvalue weighted by molar-refractivity contribution is -0.110. The lowest BCUT2D eigenvalue weighted by atomic mass is 9.50. The smallest absolute Gasteiger partial charge is 0.320 e. The Hall–Kier alpha value is -2.10. The number of fused-ring (bicyclic) bond motifs is 7. The fourth-order valence-corrected chi connectivity index (χ4v) is 8.34. The summed E-state index contributed by atoms with van der Waals surface area (Å²) in [6, 6.07) is 0.441. The van der Waals surface area contributed by atoms with Crippen molar-refractivity contribution in [2.75, 3.05) is 14.1 Å². The zero-order valence-corrected chi connectivity index (χ0v) is 21.9. The molecular weight excluding hydrogens is 420 g/mol. The number of carbonyl (C=O) groups excluding carboxylic acids is 2. The molecule has 34 heavy (non-hydrogen) atoms. The molecule has 0 aromatic heterocycles. The molecule has 5 rings (SSSR count). The Morgan fingerprint density at radius 3 is 2.41 bits per heavy atom. The van der Waals surface area contributed by atoms with Crippen LogP contribution in [0.25, 0.3) is 0 Å². The van der Waals surface area contributed by atoms with Crippen molar-refractivity contribution in [3.05, 3.63) is 47.1 Å². The quantitative estimate of drug-likeness (QED) is 0.468. The average Bonchev–Trinajstić information content (AvgIpc) is 2.78. The van der Waals surface area contributed by atoms with E-state index >= 15 is 0 Å². The second-order valence-electron chi connectivity index (χ2n) is 12.7. The second kappa shape index (κ2) is 8.53. The molecule has 5 aliphatic rings. The van der Waals surface area contributed by atoms with Crippen LogP contribution in [0.5, 0.6) is 0 Å². The molecule has 7 unspecified atom stereocenters. The van der Waals surface area contributed by atoms with Crippen molar-refractivity contribution in [1.82, 2.24) is 9.80 Å². The van der Waals surface area contributed by atoms with Gasteiger partial charge in [-0.05, 0) is 112 Å². The van der Waals surface area contributed by atoms with Gasteiger partial charge < -0.3 is 9.80 Å². The van der Waals surface area contributed by atoms with Gasteiger partial charge in [-0.2, -0.15) is 0 Å². The molecule has 184 valence electrons. The maximum Gasteiger partial charge on any atom is 0.320 e. The maximum absolute atomic E-state index is 13.3. The van der Waals surface area contributed by atoms with E-state index in [1.165, 1.54) is 36.8 Å². The van der Waals surface area contributed by atoms with Crippen LogP contribution >= 0.6 is 0 Å². The first kappa shape index (κ1) is 23.6. The normalized spacial score (nSPS) is 36.7. The number of nitrogens with zero attached hydrogens (tertiary/aromatic N) is 2. The first-order valence-corrected chi connectivity index (χ1v) is 13.4. The number of ketones is 1. The van der Waals surface area contributed by atoms with E-state index in [0.29, 0.717) is 35.6 Å². The number of rotatable bonds is 1. The highest BCUT2D eigenvalue weighted by molar-refractivity contribution is 6.02. The van der Waals surface area contributed by atoms with Crippen molar-refractivity contribution in [3.8, 4) is 0 Å². The first-order chi connectivity index (χ1) is 16.1. The number of hydrogen-bond donors (Lipinski definition) is 0. The lowest BCUT2D eigenvalue weighted by Gasteiger charge is -2.57. The van der Waals surface area contributed by atoms with Crippen molar-refractivity contribution >= 4 is 11.8 Å². The minimum absolute atomic E-state index is 0.135. The Bertz CT molecular complexity index is 992.